The van der Waals surface area contributed by atoms with Crippen LogP contribution in [0.5, 0.6) is 0 Å². The Morgan fingerprint density at radius 1 is 1.44 bits per heavy atom. The van der Waals surface area contributed by atoms with Crippen molar-refractivity contribution in [3.05, 3.63) is 0 Å². The summed E-state index contributed by atoms with van der Waals surface area (Å²) in [5.41, 5.74) is 0. The van der Waals surface area contributed by atoms with E-state index in [4.69, 9.17) is 9.84 Å². The van der Waals surface area contributed by atoms with Crippen molar-refractivity contribution in [1.82, 2.24) is 5.32 Å². The summed E-state index contributed by atoms with van der Waals surface area (Å²) >= 11 is 0. The summed E-state index contributed by atoms with van der Waals surface area (Å²) in [5, 5.41) is 11.0. The number of unbranched alkanes of at least 4 members (excludes halogenated alkanes) is 1. The van der Waals surface area contributed by atoms with Crippen molar-refractivity contribution in [1.29, 1.82) is 0 Å². The van der Waals surface area contributed by atoms with Crippen molar-refractivity contribution >= 4 is 15.9 Å². The van der Waals surface area contributed by atoms with Gasteiger partial charge in [-0.2, -0.15) is 0 Å². The van der Waals surface area contributed by atoms with Gasteiger partial charge in [-0.1, -0.05) is 0 Å². The molecule has 7 heteroatoms. The maximum Gasteiger partial charge on any atom is 0.407 e. The van der Waals surface area contributed by atoms with E-state index in [0.717, 1.165) is 0 Å². The fourth-order valence-electron chi connectivity index (χ4n) is 1.50. The number of amides is 1. The highest BCUT2D eigenvalue weighted by Gasteiger charge is 2.29. The highest BCUT2D eigenvalue weighted by atomic mass is 32.2. The third kappa shape index (κ3) is 4.80. The Labute approximate surface area is 94.9 Å². The van der Waals surface area contributed by atoms with Crippen molar-refractivity contribution in [3.63, 3.8) is 0 Å². The number of hydrogen-bond donors (Lipinski definition) is 2. The molecule has 1 heterocycles. The van der Waals surface area contributed by atoms with Gasteiger partial charge in [0, 0.05) is 12.6 Å². The number of hydrogen-bond acceptors (Lipinski definition) is 5. The minimum Gasteiger partial charge on any atom is -0.450 e. The molecule has 6 nitrogen and oxygen atoms in total. The fourth-order valence-corrected chi connectivity index (χ4v) is 3.17. The SMILES string of the molecule is O=C(N[C@@H]1CCS(=O)(=O)C1)OCCCCO. The number of carbonyl (C=O) groups is 1. The van der Waals surface area contributed by atoms with E-state index in [1.54, 1.807) is 0 Å². The van der Waals surface area contributed by atoms with Crippen molar-refractivity contribution in [3.8, 4) is 0 Å². The molecule has 1 atom stereocenters. The van der Waals surface area contributed by atoms with E-state index in [0.29, 0.717) is 19.3 Å². The second-order valence-corrected chi connectivity index (χ2v) is 6.04. The Bertz CT molecular complexity index is 327. The van der Waals surface area contributed by atoms with Gasteiger partial charge in [-0.25, -0.2) is 13.2 Å². The number of rotatable bonds is 5. The van der Waals surface area contributed by atoms with E-state index < -0.39 is 15.9 Å². The molecule has 0 spiro atoms. The molecule has 1 aliphatic heterocycles. The zero-order valence-corrected chi connectivity index (χ0v) is 9.83. The van der Waals surface area contributed by atoms with Crippen LogP contribution in [0.4, 0.5) is 4.79 Å². The lowest BCUT2D eigenvalue weighted by atomic mass is 10.3. The van der Waals surface area contributed by atoms with Crippen LogP contribution >= 0.6 is 0 Å². The van der Waals surface area contributed by atoms with Crippen LogP contribution in [0.1, 0.15) is 19.3 Å². The lowest BCUT2D eigenvalue weighted by molar-refractivity contribution is 0.138. The minimum atomic E-state index is -2.97. The molecule has 0 radical (unpaired) electrons. The molecule has 1 aliphatic rings. The molecule has 0 aromatic rings. The van der Waals surface area contributed by atoms with Crippen LogP contribution in [-0.4, -0.2) is 50.4 Å². The van der Waals surface area contributed by atoms with E-state index in [1.165, 1.54) is 0 Å². The van der Waals surface area contributed by atoms with E-state index in [-0.39, 0.29) is 30.8 Å². The fraction of sp³-hybridized carbons (Fsp3) is 0.889. The molecule has 0 aliphatic carbocycles. The summed E-state index contributed by atoms with van der Waals surface area (Å²) in [7, 11) is -2.97. The summed E-state index contributed by atoms with van der Waals surface area (Å²) in [6.45, 7) is 0.317. The van der Waals surface area contributed by atoms with Gasteiger partial charge in [0.2, 0.25) is 0 Å². The first-order valence-corrected chi connectivity index (χ1v) is 7.10. The predicted octanol–water partition coefficient (Wildman–Crippen LogP) is -0.328. The summed E-state index contributed by atoms with van der Waals surface area (Å²) in [6, 6.07) is -0.324. The summed E-state index contributed by atoms with van der Waals surface area (Å²) in [6.07, 6.45) is 1.06. The second kappa shape index (κ2) is 6.05. The van der Waals surface area contributed by atoms with E-state index >= 15 is 0 Å². The van der Waals surface area contributed by atoms with Gasteiger partial charge in [-0.15, -0.1) is 0 Å². The third-order valence-corrected chi connectivity index (χ3v) is 4.11. The van der Waals surface area contributed by atoms with Gasteiger partial charge in [-0.05, 0) is 19.3 Å². The first-order chi connectivity index (χ1) is 7.53. The van der Waals surface area contributed by atoms with Crippen LogP contribution < -0.4 is 5.32 Å². The lowest BCUT2D eigenvalue weighted by Gasteiger charge is -2.10. The maximum absolute atomic E-state index is 11.2. The quantitative estimate of drug-likeness (QED) is 0.653. The van der Waals surface area contributed by atoms with Crippen molar-refractivity contribution < 1.29 is 23.1 Å². The normalized spacial score (nSPS) is 22.9. The molecule has 16 heavy (non-hydrogen) atoms. The molecule has 2 N–H and O–H groups in total. The van der Waals surface area contributed by atoms with Gasteiger partial charge in [0.15, 0.2) is 9.84 Å². The molecule has 0 unspecified atom stereocenters. The van der Waals surface area contributed by atoms with Gasteiger partial charge in [0.1, 0.15) is 0 Å². The largest absolute Gasteiger partial charge is 0.450 e. The van der Waals surface area contributed by atoms with Crippen molar-refractivity contribution in [2.24, 2.45) is 0 Å². The van der Waals surface area contributed by atoms with Crippen LogP contribution in [-0.2, 0) is 14.6 Å². The van der Waals surface area contributed by atoms with Crippen LogP contribution in [0.25, 0.3) is 0 Å². The Morgan fingerprint density at radius 3 is 2.75 bits per heavy atom. The topological polar surface area (TPSA) is 92.7 Å². The number of aliphatic hydroxyl groups is 1. The molecule has 1 rings (SSSR count). The molecule has 1 saturated heterocycles. The second-order valence-electron chi connectivity index (χ2n) is 3.81. The first kappa shape index (κ1) is 13.2. The van der Waals surface area contributed by atoms with Crippen LogP contribution in [0.2, 0.25) is 0 Å². The molecule has 1 amide bonds. The zero-order chi connectivity index (χ0) is 12.0. The number of aliphatic hydroxyl groups excluding tert-OH is 1. The van der Waals surface area contributed by atoms with E-state index in [2.05, 4.69) is 5.32 Å². The minimum absolute atomic E-state index is 0.00125. The standard InChI is InChI=1S/C9H17NO5S/c11-4-1-2-5-15-9(12)10-8-3-6-16(13,14)7-8/h8,11H,1-7H2,(H,10,12)/t8-/m1/s1. The molecule has 1 fully saturated rings. The molecule has 0 aromatic heterocycles. The van der Waals surface area contributed by atoms with Crippen LogP contribution in [0.3, 0.4) is 0 Å². The van der Waals surface area contributed by atoms with Gasteiger partial charge >= 0.3 is 6.09 Å². The Hall–Kier alpha value is -0.820. The number of carbonyl (C=O) groups excluding carboxylic acids is 1. The van der Waals surface area contributed by atoms with Gasteiger partial charge < -0.3 is 15.2 Å². The van der Waals surface area contributed by atoms with Crippen molar-refractivity contribution in [2.45, 2.75) is 25.3 Å². The molecule has 0 bridgehead atoms. The van der Waals surface area contributed by atoms with Gasteiger partial charge in [0.25, 0.3) is 0 Å². The Balaban J connectivity index is 2.15. The number of nitrogens with one attached hydrogen (secondary N) is 1. The molecular formula is C9H17NO5S. The summed E-state index contributed by atoms with van der Waals surface area (Å²) < 4.78 is 27.0. The van der Waals surface area contributed by atoms with E-state index in [1.807, 2.05) is 0 Å². The molecule has 94 valence electrons. The highest BCUT2D eigenvalue weighted by Crippen LogP contribution is 2.11. The summed E-state index contributed by atoms with van der Waals surface area (Å²) in [4.78, 5) is 11.2. The number of ether oxygens (including phenoxy) is 1. The number of sulfone groups is 1. The predicted molar refractivity (Wildman–Crippen MR) is 57.9 cm³/mol. The zero-order valence-electron chi connectivity index (χ0n) is 9.02. The molecule has 0 aromatic carbocycles. The van der Waals surface area contributed by atoms with E-state index in [9.17, 15) is 13.2 Å². The van der Waals surface area contributed by atoms with Crippen LogP contribution in [0, 0.1) is 0 Å². The lowest BCUT2D eigenvalue weighted by Crippen LogP contribution is -2.36. The first-order valence-electron chi connectivity index (χ1n) is 5.28. The van der Waals surface area contributed by atoms with Crippen LogP contribution in [0.15, 0.2) is 0 Å². The molecule has 0 saturated carbocycles. The highest BCUT2D eigenvalue weighted by molar-refractivity contribution is 7.91. The monoisotopic (exact) mass is 251 g/mol. The Kier molecular flexibility index (Phi) is 5.01. The molecular weight excluding hydrogens is 234 g/mol. The summed E-state index contributed by atoms with van der Waals surface area (Å²) in [5.74, 6) is 0.126. The van der Waals surface area contributed by atoms with Crippen molar-refractivity contribution in [2.75, 3.05) is 24.7 Å². The smallest absolute Gasteiger partial charge is 0.407 e. The Morgan fingerprint density at radius 2 is 2.19 bits per heavy atom. The average molecular weight is 251 g/mol. The van der Waals surface area contributed by atoms with Gasteiger partial charge in [-0.3, -0.25) is 0 Å². The number of alkyl carbamates (subject to hydrolysis) is 1. The van der Waals surface area contributed by atoms with Gasteiger partial charge in [0.05, 0.1) is 18.1 Å². The third-order valence-electron chi connectivity index (χ3n) is 2.34. The average Bonchev–Trinajstić information content (AvgIpc) is 2.53. The maximum atomic E-state index is 11.2.